The van der Waals surface area contributed by atoms with E-state index in [1.54, 1.807) is 11.3 Å². The minimum absolute atomic E-state index is 0.0201. The first-order chi connectivity index (χ1) is 10.6. The van der Waals surface area contributed by atoms with E-state index in [2.05, 4.69) is 26.2 Å². The molecule has 1 fully saturated rings. The number of halogens is 1. The van der Waals surface area contributed by atoms with Crippen molar-refractivity contribution in [1.29, 1.82) is 0 Å². The van der Waals surface area contributed by atoms with Crippen molar-refractivity contribution < 1.29 is 4.79 Å². The van der Waals surface area contributed by atoms with Crippen molar-refractivity contribution in [1.82, 2.24) is 9.88 Å². The average Bonchev–Trinajstić information content (AvgIpc) is 3.05. The van der Waals surface area contributed by atoms with Crippen LogP contribution >= 0.6 is 27.3 Å². The average molecular weight is 380 g/mol. The van der Waals surface area contributed by atoms with Crippen molar-refractivity contribution >= 4 is 39.0 Å². The summed E-state index contributed by atoms with van der Waals surface area (Å²) in [5.74, 6) is 0.498. The number of aryl methyl sites for hydroxylation is 1. The molecule has 2 amide bonds. The lowest BCUT2D eigenvalue weighted by Gasteiger charge is -2.31. The number of amides is 2. The Morgan fingerprint density at radius 1 is 1.41 bits per heavy atom. The molecule has 22 heavy (non-hydrogen) atoms. The molecule has 116 valence electrons. The standard InChI is InChI=1S/C16H18BrN3OS/c1-11-2-3-13(10-14(11)17)19-16(21)20-7-4-12(5-8-20)15-18-6-9-22-15/h2-3,6,9-10,12H,4-5,7-8H2,1H3,(H,19,21). The molecule has 0 atom stereocenters. The predicted molar refractivity (Wildman–Crippen MR) is 93.6 cm³/mol. The number of rotatable bonds is 2. The fourth-order valence-electron chi connectivity index (χ4n) is 2.64. The monoisotopic (exact) mass is 379 g/mol. The number of hydrogen-bond donors (Lipinski definition) is 1. The summed E-state index contributed by atoms with van der Waals surface area (Å²) in [5.41, 5.74) is 1.98. The first-order valence-corrected chi connectivity index (χ1v) is 9.02. The second kappa shape index (κ2) is 6.79. The zero-order valence-electron chi connectivity index (χ0n) is 12.4. The first-order valence-electron chi connectivity index (χ1n) is 7.35. The van der Waals surface area contributed by atoms with E-state index in [1.165, 1.54) is 5.01 Å². The van der Waals surface area contributed by atoms with Crippen LogP contribution in [0.4, 0.5) is 10.5 Å². The normalized spacial score (nSPS) is 15.8. The molecule has 1 aromatic heterocycles. The summed E-state index contributed by atoms with van der Waals surface area (Å²) in [6.07, 6.45) is 3.82. The maximum Gasteiger partial charge on any atom is 0.321 e. The number of aromatic nitrogens is 1. The number of nitrogens with one attached hydrogen (secondary N) is 1. The molecule has 0 spiro atoms. The number of benzene rings is 1. The van der Waals surface area contributed by atoms with Gasteiger partial charge in [-0.05, 0) is 37.5 Å². The molecule has 4 nitrogen and oxygen atoms in total. The largest absolute Gasteiger partial charge is 0.324 e. The molecule has 0 saturated carbocycles. The van der Waals surface area contributed by atoms with Crippen molar-refractivity contribution in [3.8, 4) is 0 Å². The number of nitrogens with zero attached hydrogens (tertiary/aromatic N) is 2. The van der Waals surface area contributed by atoms with Crippen LogP contribution in [0, 0.1) is 6.92 Å². The van der Waals surface area contributed by atoms with E-state index in [4.69, 9.17) is 0 Å². The lowest BCUT2D eigenvalue weighted by Crippen LogP contribution is -2.40. The summed E-state index contributed by atoms with van der Waals surface area (Å²) in [5, 5.41) is 6.19. The van der Waals surface area contributed by atoms with E-state index in [0.717, 1.165) is 41.7 Å². The second-order valence-electron chi connectivity index (χ2n) is 5.53. The van der Waals surface area contributed by atoms with Crippen LogP contribution in [0.3, 0.4) is 0 Å². The Labute approximate surface area is 142 Å². The smallest absolute Gasteiger partial charge is 0.321 e. The van der Waals surface area contributed by atoms with Crippen molar-refractivity contribution in [2.45, 2.75) is 25.7 Å². The lowest BCUT2D eigenvalue weighted by atomic mass is 9.98. The summed E-state index contributed by atoms with van der Waals surface area (Å²) in [6.45, 7) is 3.59. The Bertz CT molecular complexity index is 651. The van der Waals surface area contributed by atoms with Gasteiger partial charge in [0, 0.05) is 40.7 Å². The van der Waals surface area contributed by atoms with Gasteiger partial charge in [-0.2, -0.15) is 0 Å². The topological polar surface area (TPSA) is 45.2 Å². The van der Waals surface area contributed by atoms with Gasteiger partial charge < -0.3 is 10.2 Å². The number of carbonyl (C=O) groups is 1. The van der Waals surface area contributed by atoms with E-state index >= 15 is 0 Å². The number of urea groups is 1. The maximum absolute atomic E-state index is 12.3. The molecule has 0 aliphatic carbocycles. The Balaban J connectivity index is 1.56. The van der Waals surface area contributed by atoms with Crippen LogP contribution in [0.5, 0.6) is 0 Å². The second-order valence-corrected chi connectivity index (χ2v) is 7.31. The van der Waals surface area contributed by atoms with Crippen LogP contribution < -0.4 is 5.32 Å². The number of likely N-dealkylation sites (tertiary alicyclic amines) is 1. The number of thiazole rings is 1. The van der Waals surface area contributed by atoms with Crippen LogP contribution in [-0.2, 0) is 0 Å². The Morgan fingerprint density at radius 3 is 2.82 bits per heavy atom. The fraction of sp³-hybridized carbons (Fsp3) is 0.375. The fourth-order valence-corrected chi connectivity index (χ4v) is 3.83. The summed E-state index contributed by atoms with van der Waals surface area (Å²) >= 11 is 5.20. The van der Waals surface area contributed by atoms with Crippen LogP contribution in [0.15, 0.2) is 34.2 Å². The molecule has 1 aromatic carbocycles. The minimum Gasteiger partial charge on any atom is -0.324 e. The minimum atomic E-state index is -0.0201. The molecule has 1 aliphatic heterocycles. The van der Waals surface area contributed by atoms with Gasteiger partial charge in [-0.1, -0.05) is 22.0 Å². The van der Waals surface area contributed by atoms with Crippen LogP contribution in [0.1, 0.15) is 29.3 Å². The number of hydrogen-bond acceptors (Lipinski definition) is 3. The van der Waals surface area contributed by atoms with Crippen LogP contribution in [0.25, 0.3) is 0 Å². The lowest BCUT2D eigenvalue weighted by molar-refractivity contribution is 0.194. The van der Waals surface area contributed by atoms with Gasteiger partial charge in [-0.3, -0.25) is 0 Å². The highest BCUT2D eigenvalue weighted by Gasteiger charge is 2.25. The zero-order valence-corrected chi connectivity index (χ0v) is 14.8. The zero-order chi connectivity index (χ0) is 15.5. The molecular formula is C16H18BrN3OS. The Morgan fingerprint density at radius 2 is 2.18 bits per heavy atom. The highest BCUT2D eigenvalue weighted by molar-refractivity contribution is 9.10. The molecule has 6 heteroatoms. The van der Waals surface area contributed by atoms with Crippen LogP contribution in [0.2, 0.25) is 0 Å². The van der Waals surface area contributed by atoms with Crippen LogP contribution in [-0.4, -0.2) is 29.0 Å². The van der Waals surface area contributed by atoms with Crippen molar-refractivity contribution in [2.75, 3.05) is 18.4 Å². The molecule has 1 aliphatic rings. The van der Waals surface area contributed by atoms with Crippen molar-refractivity contribution in [3.05, 3.63) is 44.8 Å². The first kappa shape index (κ1) is 15.5. The molecule has 2 heterocycles. The van der Waals surface area contributed by atoms with Gasteiger partial charge in [0.15, 0.2) is 0 Å². The van der Waals surface area contributed by atoms with E-state index in [9.17, 15) is 4.79 Å². The molecule has 3 rings (SSSR count). The molecule has 1 saturated heterocycles. The molecule has 0 unspecified atom stereocenters. The van der Waals surface area contributed by atoms with E-state index in [-0.39, 0.29) is 6.03 Å². The van der Waals surface area contributed by atoms with Gasteiger partial charge in [0.2, 0.25) is 0 Å². The highest BCUT2D eigenvalue weighted by atomic mass is 79.9. The third kappa shape index (κ3) is 3.50. The van der Waals surface area contributed by atoms with E-state index in [0.29, 0.717) is 5.92 Å². The third-order valence-corrected chi connectivity index (χ3v) is 5.80. The van der Waals surface area contributed by atoms with Crippen molar-refractivity contribution in [3.63, 3.8) is 0 Å². The summed E-state index contributed by atoms with van der Waals surface area (Å²) < 4.78 is 1.01. The maximum atomic E-state index is 12.3. The van der Waals surface area contributed by atoms with E-state index in [1.807, 2.05) is 41.6 Å². The third-order valence-electron chi connectivity index (χ3n) is 4.01. The predicted octanol–water partition coefficient (Wildman–Crippen LogP) is 4.63. The molecule has 0 radical (unpaired) electrons. The number of anilines is 1. The molecule has 1 N–H and O–H groups in total. The van der Waals surface area contributed by atoms with Crippen molar-refractivity contribution in [2.24, 2.45) is 0 Å². The molecular weight excluding hydrogens is 362 g/mol. The Hall–Kier alpha value is -1.40. The SMILES string of the molecule is Cc1ccc(NC(=O)N2CCC(c3nccs3)CC2)cc1Br. The van der Waals surface area contributed by atoms with E-state index < -0.39 is 0 Å². The molecule has 0 bridgehead atoms. The molecule has 2 aromatic rings. The van der Waals surface area contributed by atoms with Gasteiger partial charge in [0.05, 0.1) is 5.01 Å². The van der Waals surface area contributed by atoms with Gasteiger partial charge >= 0.3 is 6.03 Å². The number of carbonyl (C=O) groups excluding carboxylic acids is 1. The number of piperidine rings is 1. The van der Waals surface area contributed by atoms with Gasteiger partial charge in [-0.25, -0.2) is 9.78 Å². The van der Waals surface area contributed by atoms with Gasteiger partial charge in [0.1, 0.15) is 0 Å². The quantitative estimate of drug-likeness (QED) is 0.826. The summed E-state index contributed by atoms with van der Waals surface area (Å²) in [4.78, 5) is 18.6. The summed E-state index contributed by atoms with van der Waals surface area (Å²) in [6, 6.07) is 5.85. The van der Waals surface area contributed by atoms with Gasteiger partial charge in [0.25, 0.3) is 0 Å². The van der Waals surface area contributed by atoms with Gasteiger partial charge in [-0.15, -0.1) is 11.3 Å². The summed E-state index contributed by atoms with van der Waals surface area (Å²) in [7, 11) is 0. The highest BCUT2D eigenvalue weighted by Crippen LogP contribution is 2.29. The Kier molecular flexibility index (Phi) is 4.78.